The van der Waals surface area contributed by atoms with Gasteiger partial charge < -0.3 is 0 Å². The molecule has 166 valence electrons. The molecule has 0 fully saturated rings. The second-order valence-corrected chi connectivity index (χ2v) is 16.5. The number of hydrogen-bond donors (Lipinski definition) is 0. The standard InChI is InChI=1S/C28H18S6/c1-27(2)13-9-12-14(10-11(13)19-17(27)23-25(33-19)21-15(31-23)5-7-29-21)28(3,4)18-20(12)34-26-22-16(6-8-30-22)32-24(18)26/h5-10H,1-4H3. The van der Waals surface area contributed by atoms with E-state index < -0.39 is 0 Å². The van der Waals surface area contributed by atoms with Crippen LogP contribution in [-0.2, 0) is 10.8 Å². The minimum absolute atomic E-state index is 0.0352. The maximum atomic E-state index is 2.58. The van der Waals surface area contributed by atoms with Gasteiger partial charge in [-0.15, -0.1) is 68.0 Å². The predicted molar refractivity (Wildman–Crippen MR) is 159 cm³/mol. The molecule has 9 rings (SSSR count). The second-order valence-electron chi connectivity index (χ2n) is 10.6. The molecule has 6 aromatic heterocycles. The van der Waals surface area contributed by atoms with E-state index in [9.17, 15) is 0 Å². The lowest BCUT2D eigenvalue weighted by atomic mass is 9.79. The molecule has 6 heteroatoms. The molecule has 0 amide bonds. The molecule has 0 nitrogen and oxygen atoms in total. The van der Waals surface area contributed by atoms with Crippen LogP contribution in [0.1, 0.15) is 49.9 Å². The third-order valence-corrected chi connectivity index (χ3v) is 15.5. The Hall–Kier alpha value is -1.54. The number of hydrogen-bond acceptors (Lipinski definition) is 6. The van der Waals surface area contributed by atoms with Crippen molar-refractivity contribution in [3.05, 3.63) is 57.3 Å². The van der Waals surface area contributed by atoms with E-state index in [-0.39, 0.29) is 10.8 Å². The number of benzene rings is 1. The lowest BCUT2D eigenvalue weighted by molar-refractivity contribution is 0.659. The summed E-state index contributed by atoms with van der Waals surface area (Å²) in [6.45, 7) is 9.81. The Balaban J connectivity index is 1.36. The Bertz CT molecular complexity index is 1870. The summed E-state index contributed by atoms with van der Waals surface area (Å²) in [6.07, 6.45) is 0. The summed E-state index contributed by atoms with van der Waals surface area (Å²) >= 11 is 11.9. The quantitative estimate of drug-likeness (QED) is 0.177. The Morgan fingerprint density at radius 1 is 0.529 bits per heavy atom. The van der Waals surface area contributed by atoms with E-state index in [1.807, 2.05) is 68.0 Å². The first-order valence-corrected chi connectivity index (χ1v) is 16.4. The molecule has 0 unspecified atom stereocenters. The Kier molecular flexibility index (Phi) is 3.39. The van der Waals surface area contributed by atoms with Gasteiger partial charge in [-0.1, -0.05) is 27.7 Å². The Labute approximate surface area is 220 Å². The lowest BCUT2D eigenvalue weighted by Crippen LogP contribution is -2.17. The van der Waals surface area contributed by atoms with Crippen molar-refractivity contribution in [2.24, 2.45) is 0 Å². The van der Waals surface area contributed by atoms with Crippen molar-refractivity contribution in [1.82, 2.24) is 0 Å². The van der Waals surface area contributed by atoms with Gasteiger partial charge in [-0.2, -0.15) is 0 Å². The van der Waals surface area contributed by atoms with Crippen molar-refractivity contribution < 1.29 is 0 Å². The molecule has 0 radical (unpaired) electrons. The third kappa shape index (κ3) is 2.02. The van der Waals surface area contributed by atoms with Gasteiger partial charge in [0.1, 0.15) is 0 Å². The van der Waals surface area contributed by atoms with Crippen LogP contribution in [0.4, 0.5) is 0 Å². The first-order valence-electron chi connectivity index (χ1n) is 11.4. The van der Waals surface area contributed by atoms with E-state index in [1.165, 1.54) is 69.6 Å². The average molecular weight is 547 g/mol. The van der Waals surface area contributed by atoms with Crippen molar-refractivity contribution >= 4 is 106 Å². The van der Waals surface area contributed by atoms with E-state index in [2.05, 4.69) is 62.7 Å². The van der Waals surface area contributed by atoms with Crippen LogP contribution in [0.25, 0.3) is 58.5 Å². The Morgan fingerprint density at radius 3 is 1.41 bits per heavy atom. The van der Waals surface area contributed by atoms with Crippen LogP contribution in [0.2, 0.25) is 0 Å². The molecule has 0 saturated carbocycles. The van der Waals surface area contributed by atoms with E-state index in [0.29, 0.717) is 0 Å². The molecule has 1 aromatic carbocycles. The monoisotopic (exact) mass is 546 g/mol. The fraction of sp³-hybridized carbons (Fsp3) is 0.214. The number of fused-ring (bicyclic) bond motifs is 14. The van der Waals surface area contributed by atoms with Crippen molar-refractivity contribution in [3.8, 4) is 20.9 Å². The van der Waals surface area contributed by atoms with Crippen molar-refractivity contribution in [2.75, 3.05) is 0 Å². The zero-order chi connectivity index (χ0) is 22.7. The normalized spacial score (nSPS) is 17.3. The van der Waals surface area contributed by atoms with E-state index in [4.69, 9.17) is 0 Å². The average Bonchev–Trinajstić information content (AvgIpc) is 3.58. The summed E-state index contributed by atoms with van der Waals surface area (Å²) in [7, 11) is 0. The highest BCUT2D eigenvalue weighted by Gasteiger charge is 2.45. The van der Waals surface area contributed by atoms with Crippen LogP contribution >= 0.6 is 68.0 Å². The van der Waals surface area contributed by atoms with E-state index in [0.717, 1.165) is 0 Å². The highest BCUT2D eigenvalue weighted by molar-refractivity contribution is 7.40. The van der Waals surface area contributed by atoms with Gasteiger partial charge in [0.25, 0.3) is 0 Å². The van der Waals surface area contributed by atoms with Crippen LogP contribution in [0.3, 0.4) is 0 Å². The van der Waals surface area contributed by atoms with Gasteiger partial charge in [0.2, 0.25) is 0 Å². The molecule has 0 N–H and O–H groups in total. The topological polar surface area (TPSA) is 0 Å². The SMILES string of the molecule is CC1(C)c2cc3c(cc2-c2sc4c(sc5ccsc54)c21)C(C)(C)c1c-3sc2c1sc1ccsc12. The fourth-order valence-corrected chi connectivity index (χ4v) is 15.1. The zero-order valence-electron chi connectivity index (χ0n) is 18.9. The summed E-state index contributed by atoms with van der Waals surface area (Å²) < 4.78 is 12.0. The molecule has 6 heterocycles. The maximum absolute atomic E-state index is 2.58. The first kappa shape index (κ1) is 19.6. The van der Waals surface area contributed by atoms with Gasteiger partial charge in [-0.05, 0) is 68.4 Å². The van der Waals surface area contributed by atoms with Gasteiger partial charge in [0.05, 0.1) is 28.2 Å². The fourth-order valence-electron chi connectivity index (χ4n) is 6.43. The summed E-state index contributed by atoms with van der Waals surface area (Å²) in [4.78, 5) is 3.04. The van der Waals surface area contributed by atoms with Crippen molar-refractivity contribution in [3.63, 3.8) is 0 Å². The highest BCUT2D eigenvalue weighted by atomic mass is 32.1. The molecule has 34 heavy (non-hydrogen) atoms. The second kappa shape index (κ2) is 5.88. The van der Waals surface area contributed by atoms with Gasteiger partial charge in [-0.25, -0.2) is 0 Å². The molecule has 0 bridgehead atoms. The third-order valence-electron chi connectivity index (χ3n) is 8.07. The van der Waals surface area contributed by atoms with Gasteiger partial charge >= 0.3 is 0 Å². The molecule has 0 atom stereocenters. The minimum Gasteiger partial charge on any atom is -0.141 e. The Morgan fingerprint density at radius 2 is 0.971 bits per heavy atom. The molecule has 0 spiro atoms. The summed E-state index contributed by atoms with van der Waals surface area (Å²) in [6, 6.07) is 9.76. The molecule has 2 aliphatic carbocycles. The van der Waals surface area contributed by atoms with Crippen LogP contribution in [-0.4, -0.2) is 0 Å². The van der Waals surface area contributed by atoms with Gasteiger partial charge in [0.15, 0.2) is 0 Å². The van der Waals surface area contributed by atoms with Gasteiger partial charge in [-0.3, -0.25) is 0 Å². The summed E-state index contributed by atoms with van der Waals surface area (Å²) in [5, 5.41) is 4.49. The van der Waals surface area contributed by atoms with Crippen LogP contribution in [0, 0.1) is 0 Å². The molecular formula is C28H18S6. The largest absolute Gasteiger partial charge is 0.141 e. The number of thiophene rings is 6. The first-order chi connectivity index (χ1) is 16.4. The zero-order valence-corrected chi connectivity index (χ0v) is 23.8. The molecule has 2 aliphatic rings. The van der Waals surface area contributed by atoms with Crippen LogP contribution < -0.4 is 0 Å². The minimum atomic E-state index is 0.0352. The predicted octanol–water partition coefficient (Wildman–Crippen LogP) is 11.3. The summed E-state index contributed by atoms with van der Waals surface area (Å²) in [5.74, 6) is 0. The van der Waals surface area contributed by atoms with Gasteiger partial charge in [0, 0.05) is 30.0 Å². The van der Waals surface area contributed by atoms with E-state index in [1.54, 1.807) is 11.1 Å². The number of rotatable bonds is 0. The highest BCUT2D eigenvalue weighted by Crippen LogP contribution is 2.64. The smallest absolute Gasteiger partial charge is 0.0639 e. The molecular weight excluding hydrogens is 529 g/mol. The van der Waals surface area contributed by atoms with E-state index >= 15 is 0 Å². The van der Waals surface area contributed by atoms with Crippen molar-refractivity contribution in [2.45, 2.75) is 38.5 Å². The lowest BCUT2D eigenvalue weighted by Gasteiger charge is -2.24. The van der Waals surface area contributed by atoms with Crippen LogP contribution in [0.5, 0.6) is 0 Å². The molecule has 0 aliphatic heterocycles. The maximum Gasteiger partial charge on any atom is 0.0639 e. The molecule has 0 saturated heterocycles. The summed E-state index contributed by atoms with van der Waals surface area (Å²) in [5.41, 5.74) is 9.24. The molecule has 7 aromatic rings. The van der Waals surface area contributed by atoms with Crippen LogP contribution in [0.15, 0.2) is 35.0 Å². The van der Waals surface area contributed by atoms with Crippen molar-refractivity contribution in [1.29, 1.82) is 0 Å².